The first-order chi connectivity index (χ1) is 18.4. The van der Waals surface area contributed by atoms with Crippen molar-refractivity contribution in [1.82, 2.24) is 25.0 Å². The fraction of sp³-hybridized carbons (Fsp3) is 0.286. The first kappa shape index (κ1) is 24.5. The second-order valence-corrected chi connectivity index (χ2v) is 10.6. The quantitative estimate of drug-likeness (QED) is 0.358. The number of fused-ring (bicyclic) bond motifs is 1. The number of hydrogen-bond donors (Lipinski definition) is 1. The molecule has 6 rings (SSSR count). The van der Waals surface area contributed by atoms with Crippen LogP contribution in [0.25, 0.3) is 22.2 Å². The minimum absolute atomic E-state index is 0.267. The Kier molecular flexibility index (Phi) is 6.33. The van der Waals surface area contributed by atoms with Crippen molar-refractivity contribution in [2.75, 3.05) is 38.5 Å². The van der Waals surface area contributed by atoms with Gasteiger partial charge in [0.1, 0.15) is 11.6 Å². The van der Waals surface area contributed by atoms with Crippen molar-refractivity contribution >= 4 is 40.0 Å². The van der Waals surface area contributed by atoms with Crippen LogP contribution in [0, 0.1) is 11.2 Å². The summed E-state index contributed by atoms with van der Waals surface area (Å²) in [6.07, 6.45) is 4.91. The molecule has 1 amide bonds. The zero-order valence-electron chi connectivity index (χ0n) is 20.8. The molecule has 2 fully saturated rings. The maximum Gasteiger partial charge on any atom is 0.415 e. The summed E-state index contributed by atoms with van der Waals surface area (Å²) >= 11 is 6.04. The number of halogens is 2. The molecule has 1 N–H and O–H groups in total. The van der Waals surface area contributed by atoms with E-state index in [9.17, 15) is 9.18 Å². The van der Waals surface area contributed by atoms with Crippen LogP contribution in [0.5, 0.6) is 5.75 Å². The van der Waals surface area contributed by atoms with Crippen molar-refractivity contribution < 1.29 is 13.9 Å². The third kappa shape index (κ3) is 4.87. The van der Waals surface area contributed by atoms with Crippen molar-refractivity contribution in [3.8, 4) is 17.0 Å². The maximum absolute atomic E-state index is 14.3. The molecule has 0 aliphatic carbocycles. The van der Waals surface area contributed by atoms with Gasteiger partial charge in [0, 0.05) is 60.1 Å². The molecule has 2 aromatic carbocycles. The average Bonchev–Trinajstić information content (AvgIpc) is 2.90. The van der Waals surface area contributed by atoms with Crippen molar-refractivity contribution in [2.45, 2.75) is 12.8 Å². The molecular formula is C28H26ClFN6O2. The topological polar surface area (TPSA) is 83.5 Å². The zero-order chi connectivity index (χ0) is 26.3. The summed E-state index contributed by atoms with van der Waals surface area (Å²) in [5.74, 6) is 0.0112. The lowest BCUT2D eigenvalue weighted by Gasteiger charge is -2.52. The van der Waals surface area contributed by atoms with Gasteiger partial charge in [-0.1, -0.05) is 11.6 Å². The highest BCUT2D eigenvalue weighted by Gasteiger charge is 2.44. The Bertz CT molecular complexity index is 1520. The van der Waals surface area contributed by atoms with E-state index in [0.717, 1.165) is 37.0 Å². The van der Waals surface area contributed by atoms with E-state index in [1.165, 1.54) is 18.2 Å². The number of hydrogen-bond acceptors (Lipinski definition) is 7. The number of pyridine rings is 1. The predicted molar refractivity (Wildman–Crippen MR) is 144 cm³/mol. The number of rotatable bonds is 4. The van der Waals surface area contributed by atoms with Crippen LogP contribution in [-0.2, 0) is 0 Å². The van der Waals surface area contributed by atoms with Gasteiger partial charge in [-0.15, -0.1) is 0 Å². The summed E-state index contributed by atoms with van der Waals surface area (Å²) < 4.78 is 20.0. The molecule has 194 valence electrons. The molecule has 2 aliphatic rings. The normalized spacial score (nSPS) is 16.9. The molecule has 10 heteroatoms. The largest absolute Gasteiger partial charge is 0.415 e. The van der Waals surface area contributed by atoms with Gasteiger partial charge in [0.2, 0.25) is 0 Å². The summed E-state index contributed by atoms with van der Waals surface area (Å²) in [6.45, 7) is 3.65. The summed E-state index contributed by atoms with van der Waals surface area (Å²) in [4.78, 5) is 21.4. The molecule has 0 unspecified atom stereocenters. The highest BCUT2D eigenvalue weighted by molar-refractivity contribution is 6.30. The Labute approximate surface area is 224 Å². The lowest BCUT2D eigenvalue weighted by molar-refractivity contribution is -0.0265. The van der Waals surface area contributed by atoms with Gasteiger partial charge < -0.3 is 19.9 Å². The molecule has 0 saturated carbocycles. The number of piperidine rings is 1. The number of nitrogens with zero attached hydrogens (tertiary/aromatic N) is 5. The summed E-state index contributed by atoms with van der Waals surface area (Å²) in [6, 6.07) is 13.2. The second-order valence-electron chi connectivity index (χ2n) is 10.1. The number of anilines is 2. The van der Waals surface area contributed by atoms with Crippen LogP contribution in [0.1, 0.15) is 12.8 Å². The number of nitrogens with one attached hydrogen (secondary N) is 1. The highest BCUT2D eigenvalue weighted by Crippen LogP contribution is 2.39. The average molecular weight is 533 g/mol. The van der Waals surface area contributed by atoms with Crippen LogP contribution in [0.3, 0.4) is 0 Å². The summed E-state index contributed by atoms with van der Waals surface area (Å²) in [5, 5.41) is 12.6. The Morgan fingerprint density at radius 1 is 1.11 bits per heavy atom. The highest BCUT2D eigenvalue weighted by atomic mass is 35.5. The number of aromatic nitrogens is 3. The van der Waals surface area contributed by atoms with Crippen molar-refractivity contribution in [3.63, 3.8) is 0 Å². The van der Waals surface area contributed by atoms with E-state index < -0.39 is 5.82 Å². The summed E-state index contributed by atoms with van der Waals surface area (Å²) in [7, 11) is 2.13. The van der Waals surface area contributed by atoms with E-state index >= 15 is 0 Å². The van der Waals surface area contributed by atoms with Gasteiger partial charge >= 0.3 is 6.09 Å². The number of ether oxygens (including phenoxy) is 1. The predicted octanol–water partition coefficient (Wildman–Crippen LogP) is 5.75. The van der Waals surface area contributed by atoms with E-state index in [2.05, 4.69) is 32.4 Å². The maximum atomic E-state index is 14.3. The molecule has 8 nitrogen and oxygen atoms in total. The van der Waals surface area contributed by atoms with Gasteiger partial charge in [0.15, 0.2) is 0 Å². The molecule has 2 saturated heterocycles. The molecule has 2 aliphatic heterocycles. The van der Waals surface area contributed by atoms with Crippen LogP contribution in [0.15, 0.2) is 60.9 Å². The molecule has 0 atom stereocenters. The van der Waals surface area contributed by atoms with E-state index in [0.29, 0.717) is 46.2 Å². The van der Waals surface area contributed by atoms with Crippen molar-refractivity contribution in [1.29, 1.82) is 0 Å². The smallest absolute Gasteiger partial charge is 0.410 e. The number of carbonyl (C=O) groups excluding carboxylic acids is 1. The van der Waals surface area contributed by atoms with Gasteiger partial charge in [0.25, 0.3) is 0 Å². The van der Waals surface area contributed by atoms with Gasteiger partial charge in [-0.3, -0.25) is 4.98 Å². The van der Waals surface area contributed by atoms with Gasteiger partial charge in [0.05, 0.1) is 23.1 Å². The number of carbonyl (C=O) groups is 1. The summed E-state index contributed by atoms with van der Waals surface area (Å²) in [5.41, 5.74) is 3.05. The first-order valence-electron chi connectivity index (χ1n) is 12.5. The van der Waals surface area contributed by atoms with E-state index in [1.54, 1.807) is 35.5 Å². The van der Waals surface area contributed by atoms with Crippen LogP contribution < -0.4 is 10.1 Å². The van der Waals surface area contributed by atoms with Crippen LogP contribution in [0.2, 0.25) is 5.02 Å². The standard InChI is InChI=1S/C28H26ClFN6O2/c1-35-16-28(17-35)7-10-36(11-8-28)27(37)38-20-3-4-21-24(6-9-31-25(21)14-20)33-19-13-26(34-32-15-19)22-12-18(29)2-5-23(22)30/h2-6,9,12-15H,7-8,10-11,16-17H2,1H3,(H,31,33,34). The van der Waals surface area contributed by atoms with Gasteiger partial charge in [-0.05, 0) is 67.8 Å². The lowest BCUT2D eigenvalue weighted by atomic mass is 9.72. The monoisotopic (exact) mass is 532 g/mol. The van der Waals surface area contributed by atoms with Crippen molar-refractivity contribution in [2.24, 2.45) is 5.41 Å². The number of likely N-dealkylation sites (tertiary alicyclic amines) is 2. The molecule has 1 spiro atoms. The van der Waals surface area contributed by atoms with Gasteiger partial charge in [-0.25, -0.2) is 9.18 Å². The Hall–Kier alpha value is -3.82. The van der Waals surface area contributed by atoms with E-state index in [4.69, 9.17) is 16.3 Å². The van der Waals surface area contributed by atoms with E-state index in [1.807, 2.05) is 12.1 Å². The fourth-order valence-corrected chi connectivity index (χ4v) is 5.63. The minimum Gasteiger partial charge on any atom is -0.410 e. The number of benzene rings is 2. The van der Waals surface area contributed by atoms with Crippen LogP contribution in [-0.4, -0.2) is 64.3 Å². The SMILES string of the molecule is CN1CC2(CCN(C(=O)Oc3ccc4c(Nc5cnnc(-c6cc(Cl)ccc6F)c5)ccnc4c3)CC2)C1. The van der Waals surface area contributed by atoms with Crippen LogP contribution >= 0.6 is 11.6 Å². The third-order valence-corrected chi connectivity index (χ3v) is 7.59. The van der Waals surface area contributed by atoms with Crippen molar-refractivity contribution in [3.05, 3.63) is 71.8 Å². The Morgan fingerprint density at radius 3 is 2.71 bits per heavy atom. The molecule has 4 heterocycles. The van der Waals surface area contributed by atoms with E-state index in [-0.39, 0.29) is 11.7 Å². The molecular weight excluding hydrogens is 507 g/mol. The molecule has 4 aromatic rings. The van der Waals surface area contributed by atoms with Gasteiger partial charge in [-0.2, -0.15) is 10.2 Å². The van der Waals surface area contributed by atoms with Crippen LogP contribution in [0.4, 0.5) is 20.6 Å². The minimum atomic E-state index is -0.433. The second kappa shape index (κ2) is 9.81. The molecule has 0 bridgehead atoms. The fourth-order valence-electron chi connectivity index (χ4n) is 5.46. The number of amides is 1. The Balaban J connectivity index is 1.17. The molecule has 2 aromatic heterocycles. The first-order valence-corrected chi connectivity index (χ1v) is 12.8. The lowest BCUT2D eigenvalue weighted by Crippen LogP contribution is -2.59. The Morgan fingerprint density at radius 2 is 1.92 bits per heavy atom. The third-order valence-electron chi connectivity index (χ3n) is 7.35. The zero-order valence-corrected chi connectivity index (χ0v) is 21.6. The molecule has 0 radical (unpaired) electrons. The molecule has 38 heavy (non-hydrogen) atoms.